The van der Waals surface area contributed by atoms with E-state index in [0.29, 0.717) is 30.1 Å². The first-order valence-electron chi connectivity index (χ1n) is 17.8. The number of ether oxygens (including phenoxy) is 1. The summed E-state index contributed by atoms with van der Waals surface area (Å²) in [5.41, 5.74) is -1.51. The van der Waals surface area contributed by atoms with Crippen LogP contribution in [0.5, 0.6) is 0 Å². The van der Waals surface area contributed by atoms with Crippen LogP contribution in [0.4, 0.5) is 0 Å². The third-order valence-corrected chi connectivity index (χ3v) is 11.3. The molecule has 4 heteroatoms. The van der Waals surface area contributed by atoms with Gasteiger partial charge < -0.3 is 20.1 Å². The monoisotopic (exact) mass is 613 g/mol. The van der Waals surface area contributed by atoms with Crippen LogP contribution in [-0.4, -0.2) is 44.3 Å². The molecule has 0 aromatic rings. The van der Waals surface area contributed by atoms with Crippen molar-refractivity contribution in [1.29, 1.82) is 0 Å². The highest BCUT2D eigenvalue weighted by Crippen LogP contribution is 2.66. The summed E-state index contributed by atoms with van der Waals surface area (Å²) in [6.45, 7) is 22.0. The molecular formula is C40H68O4. The Bertz CT molecular complexity index is 1020. The summed E-state index contributed by atoms with van der Waals surface area (Å²) < 4.78 is 6.29. The first-order valence-corrected chi connectivity index (χ1v) is 17.8. The van der Waals surface area contributed by atoms with Crippen LogP contribution in [0.1, 0.15) is 133 Å². The largest absolute Gasteiger partial charge is 0.393 e. The normalized spacial score (nSPS) is 37.9. The predicted molar refractivity (Wildman–Crippen MR) is 185 cm³/mol. The Morgan fingerprint density at radius 1 is 0.705 bits per heavy atom. The minimum atomic E-state index is -0.869. The van der Waals surface area contributed by atoms with Crippen LogP contribution < -0.4 is 0 Å². The molecule has 5 unspecified atom stereocenters. The van der Waals surface area contributed by atoms with Crippen molar-refractivity contribution >= 4 is 0 Å². The summed E-state index contributed by atoms with van der Waals surface area (Å²) in [7, 11) is 0. The molecular weight excluding hydrogens is 544 g/mol. The van der Waals surface area contributed by atoms with Gasteiger partial charge in [0, 0.05) is 24.2 Å². The molecule has 2 saturated carbocycles. The first kappa shape index (κ1) is 37.3. The van der Waals surface area contributed by atoms with E-state index in [1.54, 1.807) is 0 Å². The lowest BCUT2D eigenvalue weighted by molar-refractivity contribution is -0.111. The molecule has 0 aromatic heterocycles. The highest BCUT2D eigenvalue weighted by Gasteiger charge is 2.74. The van der Waals surface area contributed by atoms with Crippen molar-refractivity contribution in [1.82, 2.24) is 0 Å². The molecule has 3 aliphatic rings. The fraction of sp³-hybridized carbons (Fsp3) is 0.800. The van der Waals surface area contributed by atoms with E-state index in [0.717, 1.165) is 32.1 Å². The second-order valence-corrected chi connectivity index (χ2v) is 17.2. The molecule has 1 aliphatic heterocycles. The predicted octanol–water partition coefficient (Wildman–Crippen LogP) is 9.35. The fourth-order valence-corrected chi connectivity index (χ4v) is 8.77. The molecule has 0 amide bonds. The summed E-state index contributed by atoms with van der Waals surface area (Å²) in [5, 5.41) is 31.4. The van der Waals surface area contributed by atoms with E-state index in [1.165, 1.54) is 25.7 Å². The fourth-order valence-electron chi connectivity index (χ4n) is 8.77. The maximum Gasteiger partial charge on any atom is 0.121 e. The second-order valence-electron chi connectivity index (χ2n) is 17.2. The minimum absolute atomic E-state index is 0.0470. The van der Waals surface area contributed by atoms with Crippen LogP contribution in [-0.2, 0) is 4.74 Å². The van der Waals surface area contributed by atoms with Gasteiger partial charge in [-0.15, -0.1) is 0 Å². The molecule has 44 heavy (non-hydrogen) atoms. The Labute approximate surface area is 271 Å². The van der Waals surface area contributed by atoms with Crippen molar-refractivity contribution in [2.75, 3.05) is 0 Å². The second kappa shape index (κ2) is 14.7. The van der Waals surface area contributed by atoms with Crippen LogP contribution in [0.15, 0.2) is 48.6 Å². The van der Waals surface area contributed by atoms with Gasteiger partial charge in [0.1, 0.15) is 11.2 Å². The number of aliphatic hydroxyl groups is 3. The zero-order valence-electron chi connectivity index (χ0n) is 30.0. The maximum absolute atomic E-state index is 11.0. The summed E-state index contributed by atoms with van der Waals surface area (Å²) in [4.78, 5) is 0. The molecule has 1 heterocycles. The van der Waals surface area contributed by atoms with E-state index < -0.39 is 11.7 Å². The number of fused-ring (bicyclic) bond motifs is 1. The van der Waals surface area contributed by atoms with E-state index in [1.807, 2.05) is 6.92 Å². The molecule has 3 N–H and O–H groups in total. The lowest BCUT2D eigenvalue weighted by Crippen LogP contribution is -2.50. The van der Waals surface area contributed by atoms with E-state index in [4.69, 9.17) is 4.74 Å². The van der Waals surface area contributed by atoms with Gasteiger partial charge in [-0.2, -0.15) is 0 Å². The Hall–Kier alpha value is -1.20. The number of allylic oxidation sites excluding steroid dienone is 6. The van der Waals surface area contributed by atoms with Gasteiger partial charge >= 0.3 is 0 Å². The molecule has 10 atom stereocenters. The molecule has 0 bridgehead atoms. The number of hydrogen-bond donors (Lipinski definition) is 3. The quantitative estimate of drug-likeness (QED) is 0.0979. The molecule has 1 saturated heterocycles. The van der Waals surface area contributed by atoms with E-state index in [2.05, 4.69) is 111 Å². The molecule has 4 nitrogen and oxygen atoms in total. The van der Waals surface area contributed by atoms with E-state index in [-0.39, 0.29) is 34.1 Å². The molecule has 0 radical (unpaired) electrons. The zero-order valence-corrected chi connectivity index (χ0v) is 30.0. The van der Waals surface area contributed by atoms with Gasteiger partial charge in [-0.25, -0.2) is 0 Å². The van der Waals surface area contributed by atoms with E-state index in [9.17, 15) is 15.3 Å². The standard InChI is InChI=1S/C40H68O4/c1-29(17-13-19-31(3)21-22-35-36(5,6)25-33(41)27-38(35,9)43)15-11-12-16-30(2)18-14-20-32(4)23-24-40-37(7,8)26-34(42)28-39(40,10)44-40/h13-14,19-24,29-35,41-43H,11-12,15-18,25-28H2,1-10H3/b19-13+,20-14+,22-21?,24-23+/t29?,30?,31?,32?,33-,34-,35?,38+,39+,40-/m0/s1. The average Bonchev–Trinajstić information content (AvgIpc) is 3.49. The summed E-state index contributed by atoms with van der Waals surface area (Å²) in [6, 6.07) is 0. The average molecular weight is 613 g/mol. The zero-order chi connectivity index (χ0) is 33.0. The maximum atomic E-state index is 11.0. The third kappa shape index (κ3) is 9.43. The lowest BCUT2D eigenvalue weighted by atomic mass is 9.61. The smallest absolute Gasteiger partial charge is 0.121 e. The van der Waals surface area contributed by atoms with Gasteiger partial charge in [-0.05, 0) is 68.6 Å². The highest BCUT2D eigenvalue weighted by molar-refractivity contribution is 5.32. The Morgan fingerprint density at radius 3 is 1.75 bits per heavy atom. The Morgan fingerprint density at radius 2 is 1.23 bits per heavy atom. The summed E-state index contributed by atoms with van der Waals surface area (Å²) in [5.74, 6) is 2.16. The van der Waals surface area contributed by atoms with Crippen molar-refractivity contribution < 1.29 is 20.1 Å². The van der Waals surface area contributed by atoms with Gasteiger partial charge in [0.2, 0.25) is 0 Å². The van der Waals surface area contributed by atoms with Crippen LogP contribution in [0.3, 0.4) is 0 Å². The van der Waals surface area contributed by atoms with Crippen molar-refractivity contribution in [2.24, 2.45) is 40.4 Å². The molecule has 3 fully saturated rings. The van der Waals surface area contributed by atoms with Crippen LogP contribution in [0.25, 0.3) is 0 Å². The molecule has 252 valence electrons. The SMILES string of the molecule is CC(C=CC1C(C)(C)C[C@H](O)C[C@@]1(C)O)/C=C/CC(C)CCCCC(C)C/C=C/C(C)/C=C/[C@@]12O[C@]1(C)C[C@@H](O)CC2(C)C. The van der Waals surface area contributed by atoms with Gasteiger partial charge in [-0.3, -0.25) is 0 Å². The van der Waals surface area contributed by atoms with Crippen molar-refractivity contribution in [3.63, 3.8) is 0 Å². The summed E-state index contributed by atoms with van der Waals surface area (Å²) >= 11 is 0. The van der Waals surface area contributed by atoms with E-state index >= 15 is 0 Å². The highest BCUT2D eigenvalue weighted by atomic mass is 16.6. The Kier molecular flexibility index (Phi) is 12.4. The van der Waals surface area contributed by atoms with Crippen molar-refractivity contribution in [3.8, 4) is 0 Å². The topological polar surface area (TPSA) is 73.2 Å². The van der Waals surface area contributed by atoms with Crippen LogP contribution >= 0.6 is 0 Å². The van der Waals surface area contributed by atoms with Gasteiger partial charge in [0.05, 0.1) is 17.8 Å². The molecule has 3 rings (SSSR count). The number of epoxide rings is 1. The van der Waals surface area contributed by atoms with Crippen LogP contribution in [0, 0.1) is 40.4 Å². The Balaban J connectivity index is 1.30. The first-order chi connectivity index (χ1) is 20.3. The molecule has 0 spiro atoms. The van der Waals surface area contributed by atoms with Gasteiger partial charge in [0.25, 0.3) is 0 Å². The van der Waals surface area contributed by atoms with Crippen molar-refractivity contribution in [3.05, 3.63) is 48.6 Å². The molecule has 2 aliphatic carbocycles. The molecule has 0 aromatic carbocycles. The third-order valence-electron chi connectivity index (χ3n) is 11.3. The number of aliphatic hydroxyl groups excluding tert-OH is 2. The van der Waals surface area contributed by atoms with Gasteiger partial charge in [0.15, 0.2) is 0 Å². The van der Waals surface area contributed by atoms with Gasteiger partial charge in [-0.1, -0.05) is 130 Å². The number of hydrogen-bond acceptors (Lipinski definition) is 4. The number of unbranched alkanes of at least 4 members (excludes halogenated alkanes) is 1. The minimum Gasteiger partial charge on any atom is -0.393 e. The number of rotatable bonds is 15. The lowest BCUT2D eigenvalue weighted by Gasteiger charge is -2.48. The van der Waals surface area contributed by atoms with Crippen molar-refractivity contribution in [2.45, 2.75) is 162 Å². The summed E-state index contributed by atoms with van der Waals surface area (Å²) in [6.07, 6.45) is 27.7. The van der Waals surface area contributed by atoms with Crippen LogP contribution in [0.2, 0.25) is 0 Å².